The van der Waals surface area contributed by atoms with Gasteiger partial charge in [0.15, 0.2) is 11.5 Å². The minimum atomic E-state index is 0.434. The second kappa shape index (κ2) is 6.11. The highest BCUT2D eigenvalue weighted by molar-refractivity contribution is 6.43. The summed E-state index contributed by atoms with van der Waals surface area (Å²) in [6.07, 6.45) is 0. The lowest BCUT2D eigenvalue weighted by atomic mass is 10.2. The van der Waals surface area contributed by atoms with E-state index in [1.165, 1.54) is 0 Å². The third kappa shape index (κ3) is 2.86. The van der Waals surface area contributed by atoms with E-state index in [0.29, 0.717) is 38.6 Å². The Morgan fingerprint density at radius 3 is 2.30 bits per heavy atom. The van der Waals surface area contributed by atoms with Gasteiger partial charge in [0.05, 0.1) is 41.3 Å². The first-order chi connectivity index (χ1) is 9.56. The summed E-state index contributed by atoms with van der Waals surface area (Å²) in [5.41, 5.74) is 7.82. The molecule has 0 saturated carbocycles. The summed E-state index contributed by atoms with van der Waals surface area (Å²) in [6.45, 7) is 0. The SMILES string of the molecule is COc1cc(N)c(Nc2cccc(Cl)c2Cl)cc1OC. The van der Waals surface area contributed by atoms with Gasteiger partial charge in [0, 0.05) is 12.1 Å². The van der Waals surface area contributed by atoms with E-state index >= 15 is 0 Å². The highest BCUT2D eigenvalue weighted by atomic mass is 35.5. The zero-order valence-corrected chi connectivity index (χ0v) is 12.5. The minimum absolute atomic E-state index is 0.434. The number of hydrogen-bond acceptors (Lipinski definition) is 4. The maximum absolute atomic E-state index is 6.14. The van der Waals surface area contributed by atoms with Crippen molar-refractivity contribution in [2.75, 3.05) is 25.3 Å². The maximum Gasteiger partial charge on any atom is 0.162 e. The van der Waals surface area contributed by atoms with Crippen molar-refractivity contribution in [3.05, 3.63) is 40.4 Å². The molecule has 0 aliphatic heterocycles. The van der Waals surface area contributed by atoms with Crippen molar-refractivity contribution >= 4 is 40.3 Å². The number of anilines is 3. The number of halogens is 2. The van der Waals surface area contributed by atoms with Gasteiger partial charge >= 0.3 is 0 Å². The van der Waals surface area contributed by atoms with Crippen LogP contribution >= 0.6 is 23.2 Å². The molecule has 106 valence electrons. The van der Waals surface area contributed by atoms with Crippen LogP contribution in [0.5, 0.6) is 11.5 Å². The molecule has 0 radical (unpaired) electrons. The number of rotatable bonds is 4. The molecule has 6 heteroatoms. The molecule has 0 fully saturated rings. The number of nitrogen functional groups attached to an aromatic ring is 1. The van der Waals surface area contributed by atoms with Crippen LogP contribution in [0, 0.1) is 0 Å². The smallest absolute Gasteiger partial charge is 0.162 e. The first-order valence-electron chi connectivity index (χ1n) is 5.79. The molecule has 20 heavy (non-hydrogen) atoms. The number of nitrogens with two attached hydrogens (primary N) is 1. The Bertz CT molecular complexity index is 633. The van der Waals surface area contributed by atoms with Crippen LogP contribution in [0.1, 0.15) is 0 Å². The number of nitrogens with one attached hydrogen (secondary N) is 1. The quantitative estimate of drug-likeness (QED) is 0.825. The molecular weight excluding hydrogens is 299 g/mol. The molecule has 2 aromatic carbocycles. The lowest BCUT2D eigenvalue weighted by molar-refractivity contribution is 0.355. The Morgan fingerprint density at radius 2 is 1.65 bits per heavy atom. The molecule has 0 aliphatic rings. The maximum atomic E-state index is 6.14. The molecule has 0 amide bonds. The zero-order chi connectivity index (χ0) is 14.7. The average Bonchev–Trinajstić information content (AvgIpc) is 2.45. The van der Waals surface area contributed by atoms with Crippen LogP contribution in [-0.4, -0.2) is 14.2 Å². The number of benzene rings is 2. The molecule has 0 bridgehead atoms. The lowest BCUT2D eigenvalue weighted by Crippen LogP contribution is -2.00. The number of ether oxygens (including phenoxy) is 2. The van der Waals surface area contributed by atoms with Crippen LogP contribution in [0.4, 0.5) is 17.1 Å². The third-order valence-electron chi connectivity index (χ3n) is 2.78. The normalized spacial score (nSPS) is 10.2. The second-order valence-corrected chi connectivity index (χ2v) is 4.81. The number of methoxy groups -OCH3 is 2. The molecule has 0 aromatic heterocycles. The van der Waals surface area contributed by atoms with Gasteiger partial charge in [0.2, 0.25) is 0 Å². The average molecular weight is 313 g/mol. The Balaban J connectivity index is 2.41. The van der Waals surface area contributed by atoms with E-state index in [1.807, 2.05) is 6.07 Å². The van der Waals surface area contributed by atoms with Gasteiger partial charge in [-0.1, -0.05) is 29.3 Å². The van der Waals surface area contributed by atoms with Gasteiger partial charge < -0.3 is 20.5 Å². The fraction of sp³-hybridized carbons (Fsp3) is 0.143. The topological polar surface area (TPSA) is 56.5 Å². The summed E-state index contributed by atoms with van der Waals surface area (Å²) in [7, 11) is 3.11. The molecule has 4 nitrogen and oxygen atoms in total. The van der Waals surface area contributed by atoms with E-state index in [2.05, 4.69) is 5.32 Å². The summed E-state index contributed by atoms with van der Waals surface area (Å²) < 4.78 is 10.4. The van der Waals surface area contributed by atoms with E-state index in [9.17, 15) is 0 Å². The van der Waals surface area contributed by atoms with Crippen LogP contribution in [0.2, 0.25) is 10.0 Å². The second-order valence-electron chi connectivity index (χ2n) is 4.02. The van der Waals surface area contributed by atoms with Gasteiger partial charge in [-0.25, -0.2) is 0 Å². The van der Waals surface area contributed by atoms with Crippen LogP contribution in [0.3, 0.4) is 0 Å². The Labute approximate surface area is 127 Å². The summed E-state index contributed by atoms with van der Waals surface area (Å²) in [6, 6.07) is 8.75. The molecule has 0 spiro atoms. The summed E-state index contributed by atoms with van der Waals surface area (Å²) in [5, 5.41) is 4.03. The van der Waals surface area contributed by atoms with Crippen LogP contribution in [0.25, 0.3) is 0 Å². The Hall–Kier alpha value is -1.78. The summed E-state index contributed by atoms with van der Waals surface area (Å²) in [4.78, 5) is 0. The summed E-state index contributed by atoms with van der Waals surface area (Å²) in [5.74, 6) is 1.13. The first-order valence-corrected chi connectivity index (χ1v) is 6.55. The predicted molar refractivity (Wildman–Crippen MR) is 83.7 cm³/mol. The van der Waals surface area contributed by atoms with Crippen LogP contribution in [-0.2, 0) is 0 Å². The van der Waals surface area contributed by atoms with E-state index in [-0.39, 0.29) is 0 Å². The van der Waals surface area contributed by atoms with Crippen molar-refractivity contribution in [1.29, 1.82) is 0 Å². The van der Waals surface area contributed by atoms with Crippen LogP contribution < -0.4 is 20.5 Å². The van der Waals surface area contributed by atoms with Crippen molar-refractivity contribution in [1.82, 2.24) is 0 Å². The van der Waals surface area contributed by atoms with E-state index < -0.39 is 0 Å². The molecular formula is C14H14Cl2N2O2. The fourth-order valence-electron chi connectivity index (χ4n) is 1.75. The van der Waals surface area contributed by atoms with Crippen molar-refractivity contribution in [2.24, 2.45) is 0 Å². The highest BCUT2D eigenvalue weighted by Gasteiger charge is 2.11. The molecule has 0 aliphatic carbocycles. The monoisotopic (exact) mass is 312 g/mol. The lowest BCUT2D eigenvalue weighted by Gasteiger charge is -2.15. The molecule has 0 atom stereocenters. The minimum Gasteiger partial charge on any atom is -0.493 e. The van der Waals surface area contributed by atoms with Crippen LogP contribution in [0.15, 0.2) is 30.3 Å². The van der Waals surface area contributed by atoms with E-state index in [4.69, 9.17) is 38.4 Å². The number of hydrogen-bond donors (Lipinski definition) is 2. The zero-order valence-electron chi connectivity index (χ0n) is 11.0. The third-order valence-corrected chi connectivity index (χ3v) is 3.60. The highest BCUT2D eigenvalue weighted by Crippen LogP contribution is 2.38. The standard InChI is InChI=1S/C14H14Cl2N2O2/c1-19-12-6-9(17)11(7-13(12)20-2)18-10-5-3-4-8(15)14(10)16/h3-7,18H,17H2,1-2H3. The Morgan fingerprint density at radius 1 is 1.00 bits per heavy atom. The molecule has 2 aromatic rings. The fourth-order valence-corrected chi connectivity index (χ4v) is 2.10. The van der Waals surface area contributed by atoms with Gasteiger partial charge in [-0.15, -0.1) is 0 Å². The summed E-state index contributed by atoms with van der Waals surface area (Å²) >= 11 is 12.1. The van der Waals surface area contributed by atoms with Gasteiger partial charge in [0.1, 0.15) is 0 Å². The molecule has 0 unspecified atom stereocenters. The molecule has 0 heterocycles. The van der Waals surface area contributed by atoms with Gasteiger partial charge in [-0.3, -0.25) is 0 Å². The Kier molecular flexibility index (Phi) is 4.47. The molecule has 0 saturated heterocycles. The van der Waals surface area contributed by atoms with Crippen molar-refractivity contribution in [3.63, 3.8) is 0 Å². The van der Waals surface area contributed by atoms with E-state index in [1.54, 1.807) is 38.5 Å². The van der Waals surface area contributed by atoms with Gasteiger partial charge in [0.25, 0.3) is 0 Å². The van der Waals surface area contributed by atoms with Crippen molar-refractivity contribution in [2.45, 2.75) is 0 Å². The predicted octanol–water partition coefficient (Wildman–Crippen LogP) is 4.34. The first kappa shape index (κ1) is 14.6. The molecule has 2 rings (SSSR count). The van der Waals surface area contributed by atoms with Gasteiger partial charge in [-0.2, -0.15) is 0 Å². The van der Waals surface area contributed by atoms with Crippen molar-refractivity contribution in [3.8, 4) is 11.5 Å². The van der Waals surface area contributed by atoms with Gasteiger partial charge in [-0.05, 0) is 12.1 Å². The molecule has 3 N–H and O–H groups in total. The van der Waals surface area contributed by atoms with Crippen molar-refractivity contribution < 1.29 is 9.47 Å². The largest absolute Gasteiger partial charge is 0.493 e. The van der Waals surface area contributed by atoms with E-state index in [0.717, 1.165) is 0 Å².